The molecule has 0 radical (unpaired) electrons. The quantitative estimate of drug-likeness (QED) is 0.615. The van der Waals surface area contributed by atoms with Gasteiger partial charge in [0.15, 0.2) is 5.78 Å². The molecule has 0 spiro atoms. The second kappa shape index (κ2) is 4.40. The Bertz CT molecular complexity index is 428. The van der Waals surface area contributed by atoms with Gasteiger partial charge in [-0.2, -0.15) is 0 Å². The first-order valence-corrected chi connectivity index (χ1v) is 4.75. The first kappa shape index (κ1) is 13.0. The lowest BCUT2D eigenvalue weighted by molar-refractivity contribution is -0.274. The summed E-state index contributed by atoms with van der Waals surface area (Å²) in [6.07, 6.45) is -4.97. The molecule has 0 heterocycles. The zero-order valence-corrected chi connectivity index (χ0v) is 9.45. The number of carbonyl (C=O) groups excluding carboxylic acids is 1. The standard InChI is InChI=1S/C9H5BrF4O2/c1-4(15)8-6(10)2-5(11)3-7(8)16-9(12,13)14/h2-3H,1H3. The van der Waals surface area contributed by atoms with Crippen LogP contribution < -0.4 is 4.74 Å². The van der Waals surface area contributed by atoms with E-state index in [2.05, 4.69) is 20.7 Å². The van der Waals surface area contributed by atoms with E-state index in [1.165, 1.54) is 0 Å². The zero-order valence-electron chi connectivity index (χ0n) is 7.86. The van der Waals surface area contributed by atoms with E-state index >= 15 is 0 Å². The van der Waals surface area contributed by atoms with Crippen LogP contribution in [0, 0.1) is 5.82 Å². The number of ether oxygens (including phenoxy) is 1. The van der Waals surface area contributed by atoms with Crippen LogP contribution in [0.5, 0.6) is 5.75 Å². The first-order chi connectivity index (χ1) is 7.20. The molecule has 0 saturated carbocycles. The van der Waals surface area contributed by atoms with E-state index in [4.69, 9.17) is 0 Å². The average Bonchev–Trinajstić information content (AvgIpc) is 1.96. The van der Waals surface area contributed by atoms with Crippen LogP contribution >= 0.6 is 15.9 Å². The summed E-state index contributed by atoms with van der Waals surface area (Å²) in [7, 11) is 0. The van der Waals surface area contributed by atoms with Crippen molar-refractivity contribution in [3.63, 3.8) is 0 Å². The van der Waals surface area contributed by atoms with Crippen LogP contribution in [0.4, 0.5) is 17.6 Å². The molecular formula is C9H5BrF4O2. The van der Waals surface area contributed by atoms with E-state index in [9.17, 15) is 22.4 Å². The monoisotopic (exact) mass is 300 g/mol. The molecule has 0 aliphatic rings. The summed E-state index contributed by atoms with van der Waals surface area (Å²) in [5, 5.41) is 0. The van der Waals surface area contributed by atoms with Gasteiger partial charge in [-0.1, -0.05) is 0 Å². The zero-order chi connectivity index (χ0) is 12.5. The highest BCUT2D eigenvalue weighted by Gasteiger charge is 2.33. The predicted octanol–water partition coefficient (Wildman–Crippen LogP) is 3.69. The van der Waals surface area contributed by atoms with Crippen molar-refractivity contribution in [2.24, 2.45) is 0 Å². The minimum Gasteiger partial charge on any atom is -0.405 e. The van der Waals surface area contributed by atoms with E-state index in [1.54, 1.807) is 0 Å². The summed E-state index contributed by atoms with van der Waals surface area (Å²) in [6.45, 7) is 1.06. The van der Waals surface area contributed by atoms with E-state index in [0.717, 1.165) is 13.0 Å². The third-order valence-electron chi connectivity index (χ3n) is 1.60. The van der Waals surface area contributed by atoms with Crippen LogP contribution in [-0.4, -0.2) is 12.1 Å². The molecule has 0 fully saturated rings. The Kier molecular flexibility index (Phi) is 3.57. The van der Waals surface area contributed by atoms with Gasteiger partial charge >= 0.3 is 6.36 Å². The lowest BCUT2D eigenvalue weighted by Gasteiger charge is -2.13. The molecule has 0 aliphatic heterocycles. The van der Waals surface area contributed by atoms with Crippen molar-refractivity contribution in [1.82, 2.24) is 0 Å². The summed E-state index contributed by atoms with van der Waals surface area (Å²) < 4.78 is 52.3. The molecule has 1 aromatic carbocycles. The Morgan fingerprint density at radius 1 is 1.38 bits per heavy atom. The summed E-state index contributed by atoms with van der Waals surface area (Å²) in [4.78, 5) is 11.1. The highest BCUT2D eigenvalue weighted by molar-refractivity contribution is 9.10. The third-order valence-corrected chi connectivity index (χ3v) is 2.22. The molecule has 0 saturated heterocycles. The average molecular weight is 301 g/mol. The van der Waals surface area contributed by atoms with E-state index in [1.807, 2.05) is 0 Å². The highest BCUT2D eigenvalue weighted by Crippen LogP contribution is 2.32. The van der Waals surface area contributed by atoms with Crippen LogP contribution in [0.25, 0.3) is 0 Å². The second-order valence-corrected chi connectivity index (χ2v) is 3.72. The normalized spacial score (nSPS) is 11.4. The van der Waals surface area contributed by atoms with Gasteiger partial charge in [-0.05, 0) is 28.9 Å². The fourth-order valence-electron chi connectivity index (χ4n) is 1.10. The van der Waals surface area contributed by atoms with Crippen LogP contribution in [0.15, 0.2) is 16.6 Å². The Labute approximate surface area is 96.3 Å². The summed E-state index contributed by atoms with van der Waals surface area (Å²) in [5.41, 5.74) is -0.348. The van der Waals surface area contributed by atoms with Crippen molar-refractivity contribution in [2.45, 2.75) is 13.3 Å². The molecule has 1 aromatic rings. The number of alkyl halides is 3. The minimum atomic E-state index is -4.97. The van der Waals surface area contributed by atoms with Gasteiger partial charge in [0.1, 0.15) is 11.6 Å². The molecule has 1 rings (SSSR count). The second-order valence-electron chi connectivity index (χ2n) is 2.86. The Balaban J connectivity index is 3.30. The maximum Gasteiger partial charge on any atom is 0.573 e. The topological polar surface area (TPSA) is 26.3 Å². The number of rotatable bonds is 2. The van der Waals surface area contributed by atoms with E-state index in [0.29, 0.717) is 6.07 Å². The minimum absolute atomic E-state index is 0.0840. The molecule has 2 nitrogen and oxygen atoms in total. The predicted molar refractivity (Wildman–Crippen MR) is 50.8 cm³/mol. The molecule has 0 aromatic heterocycles. The largest absolute Gasteiger partial charge is 0.573 e. The summed E-state index contributed by atoms with van der Waals surface area (Å²) >= 11 is 2.80. The van der Waals surface area contributed by atoms with Crippen molar-refractivity contribution < 1.29 is 27.1 Å². The van der Waals surface area contributed by atoms with Gasteiger partial charge in [-0.3, -0.25) is 4.79 Å². The van der Waals surface area contributed by atoms with Crippen molar-refractivity contribution in [1.29, 1.82) is 0 Å². The molecular weight excluding hydrogens is 296 g/mol. The van der Waals surface area contributed by atoms with Gasteiger partial charge in [0.25, 0.3) is 0 Å². The molecule has 0 aliphatic carbocycles. The van der Waals surface area contributed by atoms with Crippen molar-refractivity contribution >= 4 is 21.7 Å². The molecule has 0 amide bonds. The maximum absolute atomic E-state index is 12.9. The lowest BCUT2D eigenvalue weighted by Crippen LogP contribution is -2.19. The fraction of sp³-hybridized carbons (Fsp3) is 0.222. The van der Waals surface area contributed by atoms with Crippen LogP contribution in [-0.2, 0) is 0 Å². The summed E-state index contributed by atoms with van der Waals surface area (Å²) in [6, 6.07) is 1.40. The van der Waals surface area contributed by atoms with Gasteiger partial charge < -0.3 is 4.74 Å². The number of halogens is 5. The first-order valence-electron chi connectivity index (χ1n) is 3.96. The fourth-order valence-corrected chi connectivity index (χ4v) is 1.79. The molecule has 0 N–H and O–H groups in total. The van der Waals surface area contributed by atoms with Gasteiger partial charge in [0.05, 0.1) is 5.56 Å². The van der Waals surface area contributed by atoms with Crippen LogP contribution in [0.3, 0.4) is 0 Å². The molecule has 88 valence electrons. The Morgan fingerprint density at radius 3 is 2.38 bits per heavy atom. The molecule has 0 atom stereocenters. The highest BCUT2D eigenvalue weighted by atomic mass is 79.9. The van der Waals surface area contributed by atoms with Crippen molar-refractivity contribution in [3.05, 3.63) is 28.0 Å². The third kappa shape index (κ3) is 3.19. The number of Topliss-reactive ketones (excluding diaryl/α,β-unsaturated/α-hetero) is 1. The molecule has 0 unspecified atom stereocenters. The Hall–Kier alpha value is -1.11. The van der Waals surface area contributed by atoms with Gasteiger partial charge in [0, 0.05) is 10.5 Å². The van der Waals surface area contributed by atoms with Gasteiger partial charge in [0.2, 0.25) is 0 Å². The summed E-state index contributed by atoms with van der Waals surface area (Å²) in [5.74, 6) is -2.45. The number of hydrogen-bond acceptors (Lipinski definition) is 2. The smallest absolute Gasteiger partial charge is 0.405 e. The number of benzene rings is 1. The van der Waals surface area contributed by atoms with Crippen molar-refractivity contribution in [2.75, 3.05) is 0 Å². The Morgan fingerprint density at radius 2 is 1.94 bits per heavy atom. The SMILES string of the molecule is CC(=O)c1c(Br)cc(F)cc1OC(F)(F)F. The van der Waals surface area contributed by atoms with Gasteiger partial charge in [-0.25, -0.2) is 4.39 Å². The number of ketones is 1. The maximum atomic E-state index is 12.9. The van der Waals surface area contributed by atoms with E-state index in [-0.39, 0.29) is 10.0 Å². The van der Waals surface area contributed by atoms with Crippen LogP contribution in [0.2, 0.25) is 0 Å². The molecule has 16 heavy (non-hydrogen) atoms. The lowest BCUT2D eigenvalue weighted by atomic mass is 10.1. The van der Waals surface area contributed by atoms with Crippen molar-refractivity contribution in [3.8, 4) is 5.75 Å². The molecule has 0 bridgehead atoms. The van der Waals surface area contributed by atoms with E-state index < -0.39 is 23.7 Å². The van der Waals surface area contributed by atoms with Gasteiger partial charge in [-0.15, -0.1) is 13.2 Å². The van der Waals surface area contributed by atoms with Crippen LogP contribution in [0.1, 0.15) is 17.3 Å². The number of hydrogen-bond donors (Lipinski definition) is 0. The molecule has 7 heteroatoms. The number of carbonyl (C=O) groups is 1.